The Bertz CT molecular complexity index is 505. The minimum atomic E-state index is -4.55. The van der Waals surface area contributed by atoms with E-state index in [2.05, 4.69) is 5.32 Å². The standard InChI is InChI=1S/C11H9Cl3F4N2O/c12-10(13,14)9(20-8(21)5-15)19-7-3-1-2-6(4-7)11(16,17)18/h1-4,9,19H,5H2,(H,20,21)/t9-/m1/s1. The number of amides is 1. The van der Waals surface area contributed by atoms with Crippen molar-refractivity contribution in [3.63, 3.8) is 0 Å². The lowest BCUT2D eigenvalue weighted by Gasteiger charge is -2.27. The predicted octanol–water partition coefficient (Wildman–Crippen LogP) is 3.90. The first-order valence-corrected chi connectivity index (χ1v) is 6.53. The molecule has 1 aromatic carbocycles. The summed E-state index contributed by atoms with van der Waals surface area (Å²) in [7, 11) is 0. The van der Waals surface area contributed by atoms with E-state index >= 15 is 0 Å². The van der Waals surface area contributed by atoms with Crippen molar-refractivity contribution in [3.05, 3.63) is 29.8 Å². The topological polar surface area (TPSA) is 41.1 Å². The highest BCUT2D eigenvalue weighted by Crippen LogP contribution is 2.33. The van der Waals surface area contributed by atoms with E-state index < -0.39 is 34.3 Å². The van der Waals surface area contributed by atoms with Gasteiger partial charge in [-0.15, -0.1) is 0 Å². The molecule has 10 heteroatoms. The van der Waals surface area contributed by atoms with E-state index in [-0.39, 0.29) is 5.69 Å². The Hall–Kier alpha value is -0.920. The van der Waals surface area contributed by atoms with Crippen LogP contribution < -0.4 is 10.6 Å². The summed E-state index contributed by atoms with van der Waals surface area (Å²) < 4.78 is 47.8. The van der Waals surface area contributed by atoms with E-state index in [1.807, 2.05) is 5.32 Å². The van der Waals surface area contributed by atoms with Crippen LogP contribution in [0, 0.1) is 0 Å². The third-order valence-electron chi connectivity index (χ3n) is 2.25. The summed E-state index contributed by atoms with van der Waals surface area (Å²) in [5, 5.41) is 4.41. The summed E-state index contributed by atoms with van der Waals surface area (Å²) in [6.07, 6.45) is -5.95. The van der Waals surface area contributed by atoms with Crippen molar-refractivity contribution in [2.45, 2.75) is 16.1 Å². The summed E-state index contributed by atoms with van der Waals surface area (Å²) in [6.45, 7) is -1.36. The molecular weight excluding hydrogens is 358 g/mol. The summed E-state index contributed by atoms with van der Waals surface area (Å²) in [5.41, 5.74) is -0.979. The molecule has 0 unspecified atom stereocenters. The highest BCUT2D eigenvalue weighted by atomic mass is 35.6. The highest BCUT2D eigenvalue weighted by Gasteiger charge is 2.35. The lowest BCUT2D eigenvalue weighted by molar-refractivity contribution is -0.137. The summed E-state index contributed by atoms with van der Waals surface area (Å²) in [4.78, 5) is 11.0. The second kappa shape index (κ2) is 6.89. The number of nitrogens with one attached hydrogen (secondary N) is 2. The molecule has 2 N–H and O–H groups in total. The van der Waals surface area contributed by atoms with Crippen molar-refractivity contribution in [1.29, 1.82) is 0 Å². The first-order chi connectivity index (χ1) is 9.54. The fourth-order valence-electron chi connectivity index (χ4n) is 1.35. The molecular formula is C11H9Cl3F4N2O. The first-order valence-electron chi connectivity index (χ1n) is 5.40. The Balaban J connectivity index is 2.96. The smallest absolute Gasteiger partial charge is 0.362 e. The van der Waals surface area contributed by atoms with Crippen LogP contribution in [0.15, 0.2) is 24.3 Å². The van der Waals surface area contributed by atoms with Crippen LogP contribution in [0.3, 0.4) is 0 Å². The van der Waals surface area contributed by atoms with Crippen LogP contribution in [0.2, 0.25) is 0 Å². The molecule has 0 bridgehead atoms. The average molecular weight is 368 g/mol. The zero-order chi connectivity index (χ0) is 16.3. The van der Waals surface area contributed by atoms with Gasteiger partial charge in [-0.1, -0.05) is 40.9 Å². The number of carbonyl (C=O) groups excluding carboxylic acids is 1. The molecule has 0 saturated carbocycles. The third-order valence-corrected chi connectivity index (χ3v) is 2.91. The van der Waals surface area contributed by atoms with Gasteiger partial charge in [0, 0.05) is 5.69 Å². The van der Waals surface area contributed by atoms with E-state index in [1.54, 1.807) is 0 Å². The molecule has 0 aliphatic heterocycles. The van der Waals surface area contributed by atoms with Gasteiger partial charge in [-0.2, -0.15) is 13.2 Å². The van der Waals surface area contributed by atoms with Crippen LogP contribution in [0.1, 0.15) is 5.56 Å². The Morgan fingerprint density at radius 3 is 2.33 bits per heavy atom. The van der Waals surface area contributed by atoms with Gasteiger partial charge in [-0.05, 0) is 18.2 Å². The minimum Gasteiger partial charge on any atom is -0.362 e. The lowest BCUT2D eigenvalue weighted by atomic mass is 10.2. The van der Waals surface area contributed by atoms with E-state index in [9.17, 15) is 22.4 Å². The number of hydrogen-bond donors (Lipinski definition) is 2. The fraction of sp³-hybridized carbons (Fsp3) is 0.364. The summed E-state index contributed by atoms with van der Waals surface area (Å²) in [5.74, 6) is -1.08. The number of carbonyl (C=O) groups is 1. The fourth-order valence-corrected chi connectivity index (χ4v) is 1.68. The summed E-state index contributed by atoms with van der Waals surface area (Å²) in [6, 6.07) is 4.04. The van der Waals surface area contributed by atoms with Crippen LogP contribution in [0.5, 0.6) is 0 Å². The van der Waals surface area contributed by atoms with Gasteiger partial charge in [0.25, 0.3) is 5.91 Å². The number of alkyl halides is 7. The van der Waals surface area contributed by atoms with Crippen molar-refractivity contribution < 1.29 is 22.4 Å². The van der Waals surface area contributed by atoms with Crippen LogP contribution >= 0.6 is 34.8 Å². The van der Waals surface area contributed by atoms with Gasteiger partial charge in [0.05, 0.1) is 5.56 Å². The number of halogens is 7. The summed E-state index contributed by atoms with van der Waals surface area (Å²) >= 11 is 16.8. The van der Waals surface area contributed by atoms with Crippen LogP contribution in [-0.2, 0) is 11.0 Å². The molecule has 0 radical (unpaired) electrons. The van der Waals surface area contributed by atoms with Crippen molar-refractivity contribution in [1.82, 2.24) is 5.32 Å². The monoisotopic (exact) mass is 366 g/mol. The first kappa shape index (κ1) is 18.1. The van der Waals surface area contributed by atoms with E-state index in [1.165, 1.54) is 6.07 Å². The van der Waals surface area contributed by atoms with E-state index in [4.69, 9.17) is 34.8 Å². The van der Waals surface area contributed by atoms with Gasteiger partial charge in [0.1, 0.15) is 6.17 Å². The van der Waals surface area contributed by atoms with Gasteiger partial charge in [-0.25, -0.2) is 4.39 Å². The SMILES string of the molecule is O=C(CF)N[C@@H](Nc1cccc(C(F)(F)F)c1)C(Cl)(Cl)Cl. The van der Waals surface area contributed by atoms with Gasteiger partial charge in [0.2, 0.25) is 3.79 Å². The second-order valence-corrected chi connectivity index (χ2v) is 6.27. The van der Waals surface area contributed by atoms with Gasteiger partial charge in [0.15, 0.2) is 6.67 Å². The number of anilines is 1. The predicted molar refractivity (Wildman–Crippen MR) is 73.3 cm³/mol. The molecule has 21 heavy (non-hydrogen) atoms. The molecule has 0 fully saturated rings. The molecule has 0 aromatic heterocycles. The molecule has 0 spiro atoms. The zero-order valence-corrected chi connectivity index (χ0v) is 12.4. The quantitative estimate of drug-likeness (QED) is 0.481. The Labute approximate surface area is 132 Å². The van der Waals surface area contributed by atoms with E-state index in [0.717, 1.165) is 18.2 Å². The third kappa shape index (κ3) is 5.76. The molecule has 1 rings (SSSR count). The maximum Gasteiger partial charge on any atom is 0.416 e. The van der Waals surface area contributed by atoms with Crippen LogP contribution in [-0.4, -0.2) is 22.5 Å². The van der Waals surface area contributed by atoms with Crippen molar-refractivity contribution >= 4 is 46.4 Å². The molecule has 1 atom stereocenters. The molecule has 0 saturated heterocycles. The largest absolute Gasteiger partial charge is 0.416 e. The number of hydrogen-bond acceptors (Lipinski definition) is 2. The molecule has 118 valence electrons. The molecule has 0 heterocycles. The second-order valence-electron chi connectivity index (χ2n) is 3.90. The van der Waals surface area contributed by atoms with Crippen molar-refractivity contribution in [2.24, 2.45) is 0 Å². The minimum absolute atomic E-state index is 0.0553. The van der Waals surface area contributed by atoms with Crippen molar-refractivity contribution in [3.8, 4) is 0 Å². The van der Waals surface area contributed by atoms with Gasteiger partial charge < -0.3 is 10.6 Å². The average Bonchev–Trinajstić information content (AvgIpc) is 2.36. The van der Waals surface area contributed by atoms with Crippen LogP contribution in [0.25, 0.3) is 0 Å². The number of rotatable bonds is 4. The van der Waals surface area contributed by atoms with Gasteiger partial charge in [-0.3, -0.25) is 4.79 Å². The van der Waals surface area contributed by atoms with Crippen molar-refractivity contribution in [2.75, 3.05) is 12.0 Å². The molecule has 0 aliphatic rings. The molecule has 1 amide bonds. The van der Waals surface area contributed by atoms with Gasteiger partial charge >= 0.3 is 6.18 Å². The maximum absolute atomic E-state index is 12.6. The zero-order valence-electron chi connectivity index (χ0n) is 10.1. The molecule has 3 nitrogen and oxygen atoms in total. The molecule has 0 aliphatic carbocycles. The Morgan fingerprint density at radius 1 is 1.24 bits per heavy atom. The van der Waals surface area contributed by atoms with Crippen LogP contribution in [0.4, 0.5) is 23.2 Å². The number of benzene rings is 1. The lowest BCUT2D eigenvalue weighted by Crippen LogP contribution is -2.49. The highest BCUT2D eigenvalue weighted by molar-refractivity contribution is 6.68. The Kier molecular flexibility index (Phi) is 5.95. The normalized spacial score (nSPS) is 13.7. The maximum atomic E-state index is 12.6. The Morgan fingerprint density at radius 2 is 1.86 bits per heavy atom. The van der Waals surface area contributed by atoms with E-state index in [0.29, 0.717) is 0 Å². The molecule has 1 aromatic rings.